The van der Waals surface area contributed by atoms with E-state index >= 15 is 0 Å². The number of anilines is 1. The molecule has 0 spiro atoms. The second-order valence-electron chi connectivity index (χ2n) is 5.94. The number of hydrogen-bond donors (Lipinski definition) is 1. The van der Waals surface area contributed by atoms with Crippen LogP contribution in [0.25, 0.3) is 0 Å². The highest BCUT2D eigenvalue weighted by Crippen LogP contribution is 2.31. The maximum Gasteiger partial charge on any atom is 0.129 e. The van der Waals surface area contributed by atoms with E-state index < -0.39 is 0 Å². The fraction of sp³-hybridized carbons (Fsp3) is 0.688. The molecule has 2 rings (SSSR count). The van der Waals surface area contributed by atoms with Crippen molar-refractivity contribution < 1.29 is 0 Å². The minimum absolute atomic E-state index is 0.520. The molecule has 0 radical (unpaired) electrons. The van der Waals surface area contributed by atoms with Gasteiger partial charge in [-0.05, 0) is 43.9 Å². The molecule has 0 amide bonds. The second-order valence-corrected chi connectivity index (χ2v) is 5.94. The number of nitrogens with zero attached hydrogens (tertiary/aromatic N) is 2. The summed E-state index contributed by atoms with van der Waals surface area (Å²) in [5.74, 6) is 1.17. The molecule has 1 N–H and O–H groups in total. The third-order valence-corrected chi connectivity index (χ3v) is 3.46. The van der Waals surface area contributed by atoms with Crippen molar-refractivity contribution in [3.63, 3.8) is 0 Å². The highest BCUT2D eigenvalue weighted by atomic mass is 15.2. The van der Waals surface area contributed by atoms with E-state index in [4.69, 9.17) is 4.98 Å². The Morgan fingerprint density at radius 2 is 2.11 bits per heavy atom. The monoisotopic (exact) mass is 261 g/mol. The van der Waals surface area contributed by atoms with E-state index in [-0.39, 0.29) is 0 Å². The second kappa shape index (κ2) is 6.38. The normalized spacial score (nSPS) is 15.0. The molecular weight excluding hydrogens is 234 g/mol. The van der Waals surface area contributed by atoms with Gasteiger partial charge in [0.15, 0.2) is 0 Å². The van der Waals surface area contributed by atoms with E-state index in [1.54, 1.807) is 0 Å². The molecule has 3 heteroatoms. The average Bonchev–Trinajstić information content (AvgIpc) is 3.17. The van der Waals surface area contributed by atoms with E-state index in [1.807, 2.05) is 0 Å². The van der Waals surface area contributed by atoms with Crippen LogP contribution in [-0.4, -0.2) is 23.6 Å². The number of rotatable bonds is 7. The van der Waals surface area contributed by atoms with Gasteiger partial charge in [0.05, 0.1) is 0 Å². The fourth-order valence-corrected chi connectivity index (χ4v) is 2.40. The van der Waals surface area contributed by atoms with Crippen LogP contribution in [0.5, 0.6) is 0 Å². The molecule has 1 aromatic heterocycles. The SMILES string of the molecule is CCCN(c1cc(CNC(C)C)cc(C)n1)C1CC1. The number of hydrogen-bond acceptors (Lipinski definition) is 3. The quantitative estimate of drug-likeness (QED) is 0.816. The zero-order chi connectivity index (χ0) is 13.8. The Hall–Kier alpha value is -1.09. The van der Waals surface area contributed by atoms with Gasteiger partial charge in [0.25, 0.3) is 0 Å². The molecule has 19 heavy (non-hydrogen) atoms. The van der Waals surface area contributed by atoms with Crippen molar-refractivity contribution in [2.45, 2.75) is 65.6 Å². The van der Waals surface area contributed by atoms with E-state index in [9.17, 15) is 0 Å². The first-order valence-electron chi connectivity index (χ1n) is 7.57. The lowest BCUT2D eigenvalue weighted by Crippen LogP contribution is -2.28. The zero-order valence-corrected chi connectivity index (χ0v) is 12.7. The molecule has 0 bridgehead atoms. The highest BCUT2D eigenvalue weighted by Gasteiger charge is 2.29. The summed E-state index contributed by atoms with van der Waals surface area (Å²) in [5.41, 5.74) is 2.47. The predicted molar refractivity (Wildman–Crippen MR) is 81.6 cm³/mol. The summed E-state index contributed by atoms with van der Waals surface area (Å²) >= 11 is 0. The summed E-state index contributed by atoms with van der Waals surface area (Å²) in [6.45, 7) is 10.8. The van der Waals surface area contributed by atoms with Crippen molar-refractivity contribution in [1.29, 1.82) is 0 Å². The standard InChI is InChI=1S/C16H27N3/c1-5-8-19(15-6-7-15)16-10-14(9-13(4)18-16)11-17-12(2)3/h9-10,12,15,17H,5-8,11H2,1-4H3. The Balaban J connectivity index is 2.14. The third kappa shape index (κ3) is 4.20. The van der Waals surface area contributed by atoms with Crippen molar-refractivity contribution in [3.8, 4) is 0 Å². The highest BCUT2D eigenvalue weighted by molar-refractivity contribution is 5.45. The molecular formula is C16H27N3. The molecule has 0 atom stereocenters. The average molecular weight is 261 g/mol. The topological polar surface area (TPSA) is 28.2 Å². The van der Waals surface area contributed by atoms with Crippen molar-refractivity contribution in [1.82, 2.24) is 10.3 Å². The van der Waals surface area contributed by atoms with Gasteiger partial charge in [0.1, 0.15) is 5.82 Å². The van der Waals surface area contributed by atoms with Crippen LogP contribution in [0.15, 0.2) is 12.1 Å². The molecule has 1 heterocycles. The number of aryl methyl sites for hydroxylation is 1. The van der Waals surface area contributed by atoms with Gasteiger partial charge in [0.2, 0.25) is 0 Å². The third-order valence-electron chi connectivity index (χ3n) is 3.46. The summed E-state index contributed by atoms with van der Waals surface area (Å²) in [6.07, 6.45) is 3.84. The molecule has 1 aliphatic rings. The largest absolute Gasteiger partial charge is 0.354 e. The van der Waals surface area contributed by atoms with Gasteiger partial charge >= 0.3 is 0 Å². The maximum atomic E-state index is 4.74. The summed E-state index contributed by atoms with van der Waals surface area (Å²) in [6, 6.07) is 5.71. The van der Waals surface area contributed by atoms with E-state index in [1.165, 1.54) is 30.6 Å². The first kappa shape index (κ1) is 14.3. The lowest BCUT2D eigenvalue weighted by molar-refractivity contribution is 0.588. The van der Waals surface area contributed by atoms with Gasteiger partial charge in [-0.15, -0.1) is 0 Å². The fourth-order valence-electron chi connectivity index (χ4n) is 2.40. The van der Waals surface area contributed by atoms with Crippen LogP contribution >= 0.6 is 0 Å². The van der Waals surface area contributed by atoms with Gasteiger partial charge in [-0.25, -0.2) is 4.98 Å². The Labute approximate surface area is 117 Å². The van der Waals surface area contributed by atoms with Crippen LogP contribution in [0, 0.1) is 6.92 Å². The van der Waals surface area contributed by atoms with Gasteiger partial charge < -0.3 is 10.2 Å². The molecule has 106 valence electrons. The van der Waals surface area contributed by atoms with Crippen LogP contribution < -0.4 is 10.2 Å². The van der Waals surface area contributed by atoms with Gasteiger partial charge in [-0.1, -0.05) is 20.8 Å². The van der Waals surface area contributed by atoms with Crippen molar-refractivity contribution >= 4 is 5.82 Å². The Kier molecular flexibility index (Phi) is 4.81. The summed E-state index contributed by atoms with van der Waals surface area (Å²) in [4.78, 5) is 7.23. The molecule has 0 unspecified atom stereocenters. The van der Waals surface area contributed by atoms with Crippen LogP contribution in [0.3, 0.4) is 0 Å². The number of pyridine rings is 1. The van der Waals surface area contributed by atoms with Gasteiger partial charge in [-0.3, -0.25) is 0 Å². The van der Waals surface area contributed by atoms with E-state index in [0.29, 0.717) is 6.04 Å². The first-order chi connectivity index (χ1) is 9.10. The summed E-state index contributed by atoms with van der Waals surface area (Å²) in [7, 11) is 0. The van der Waals surface area contributed by atoms with Crippen molar-refractivity contribution in [3.05, 3.63) is 23.4 Å². The molecule has 1 aromatic rings. The van der Waals surface area contributed by atoms with Crippen LogP contribution in [0.2, 0.25) is 0 Å². The van der Waals surface area contributed by atoms with E-state index in [2.05, 4.69) is 50.0 Å². The Bertz CT molecular complexity index is 410. The molecule has 1 fully saturated rings. The Morgan fingerprint density at radius 1 is 1.37 bits per heavy atom. The molecule has 0 aromatic carbocycles. The van der Waals surface area contributed by atoms with Crippen LogP contribution in [0.4, 0.5) is 5.82 Å². The molecule has 3 nitrogen and oxygen atoms in total. The van der Waals surface area contributed by atoms with Crippen LogP contribution in [0.1, 0.15) is 51.3 Å². The smallest absolute Gasteiger partial charge is 0.129 e. The summed E-state index contributed by atoms with van der Waals surface area (Å²) < 4.78 is 0. The Morgan fingerprint density at radius 3 is 2.68 bits per heavy atom. The van der Waals surface area contributed by atoms with Gasteiger partial charge in [0, 0.05) is 30.9 Å². The maximum absolute atomic E-state index is 4.74. The molecule has 1 aliphatic carbocycles. The number of nitrogens with one attached hydrogen (secondary N) is 1. The van der Waals surface area contributed by atoms with Crippen molar-refractivity contribution in [2.24, 2.45) is 0 Å². The predicted octanol–water partition coefficient (Wildman–Crippen LogP) is 3.27. The minimum Gasteiger partial charge on any atom is -0.354 e. The van der Waals surface area contributed by atoms with E-state index in [0.717, 1.165) is 24.8 Å². The summed E-state index contributed by atoms with van der Waals surface area (Å²) in [5, 5.41) is 3.49. The molecule has 0 aliphatic heterocycles. The lowest BCUT2D eigenvalue weighted by atomic mass is 10.2. The van der Waals surface area contributed by atoms with Crippen molar-refractivity contribution in [2.75, 3.05) is 11.4 Å². The molecule has 0 saturated heterocycles. The lowest BCUT2D eigenvalue weighted by Gasteiger charge is -2.24. The van der Waals surface area contributed by atoms with Crippen LogP contribution in [-0.2, 0) is 6.54 Å². The minimum atomic E-state index is 0.520. The molecule has 1 saturated carbocycles. The number of aromatic nitrogens is 1. The van der Waals surface area contributed by atoms with Gasteiger partial charge in [-0.2, -0.15) is 0 Å². The zero-order valence-electron chi connectivity index (χ0n) is 12.7. The first-order valence-corrected chi connectivity index (χ1v) is 7.57.